The Morgan fingerprint density at radius 3 is 1.23 bits per heavy atom. The average Bonchev–Trinajstić information content (AvgIpc) is 2.57. The number of hydrogen-bond donors (Lipinski definition) is 2. The maximum atomic E-state index is 11.5. The first-order valence-corrected chi connectivity index (χ1v) is 9.88. The molecule has 2 aromatic carbocycles. The Morgan fingerprint density at radius 2 is 1.00 bits per heavy atom. The third-order valence-corrected chi connectivity index (χ3v) is 5.23. The first-order chi connectivity index (χ1) is 12.8. The standard InChI is InChI=1S/C14H10N2O10S2.2Na.2H/c17-15(18)11-5-3-9(13(7-11)27(21,22)23)1-2-10-4-6-12(16(19)20)8-14(10)28(24,25)26;;;;/h1-8H,(H,21,22,23)(H,24,25,26);;;;. The zero-order valence-electron chi connectivity index (χ0n) is 13.5. The van der Waals surface area contributed by atoms with Gasteiger partial charge in [-0.2, -0.15) is 16.8 Å². The average molecular weight is 478 g/mol. The number of nitro groups is 2. The molecule has 0 bridgehead atoms. The molecule has 0 aliphatic rings. The van der Waals surface area contributed by atoms with Gasteiger partial charge in [0, 0.05) is 24.3 Å². The molecule has 0 fully saturated rings. The van der Waals surface area contributed by atoms with Gasteiger partial charge in [0.2, 0.25) is 0 Å². The Hall–Kier alpha value is -1.20. The molecule has 152 valence electrons. The van der Waals surface area contributed by atoms with E-state index in [4.69, 9.17) is 0 Å². The van der Waals surface area contributed by atoms with Crippen LogP contribution in [-0.2, 0) is 20.2 Å². The number of hydrogen-bond acceptors (Lipinski definition) is 8. The molecule has 0 heterocycles. The van der Waals surface area contributed by atoms with Gasteiger partial charge in [-0.15, -0.1) is 0 Å². The summed E-state index contributed by atoms with van der Waals surface area (Å²) in [7, 11) is -9.73. The predicted octanol–water partition coefficient (Wildman–Crippen LogP) is 0.870. The van der Waals surface area contributed by atoms with Crippen molar-refractivity contribution in [3.8, 4) is 0 Å². The Labute approximate surface area is 214 Å². The maximum absolute atomic E-state index is 11.5. The summed E-state index contributed by atoms with van der Waals surface area (Å²) in [6.07, 6.45) is 2.01. The van der Waals surface area contributed by atoms with E-state index >= 15 is 0 Å². The molecule has 0 aromatic heterocycles. The van der Waals surface area contributed by atoms with Crippen LogP contribution in [0.5, 0.6) is 0 Å². The molecule has 0 aliphatic carbocycles. The Balaban J connectivity index is 0.00000420. The van der Waals surface area contributed by atoms with E-state index in [-0.39, 0.29) is 70.2 Å². The van der Waals surface area contributed by atoms with Gasteiger partial charge in [-0.05, 0) is 23.3 Å². The number of benzene rings is 2. The summed E-state index contributed by atoms with van der Waals surface area (Å²) in [4.78, 5) is 18.2. The van der Waals surface area contributed by atoms with Crippen LogP contribution in [-0.4, -0.2) is 94.9 Å². The van der Waals surface area contributed by atoms with Crippen LogP contribution in [0.3, 0.4) is 0 Å². The Bertz CT molecular complexity index is 1130. The molecule has 0 unspecified atom stereocenters. The van der Waals surface area contributed by atoms with E-state index < -0.39 is 51.2 Å². The molecular weight excluding hydrogens is 466 g/mol. The van der Waals surface area contributed by atoms with Gasteiger partial charge >= 0.3 is 59.1 Å². The Morgan fingerprint density at radius 1 is 0.700 bits per heavy atom. The summed E-state index contributed by atoms with van der Waals surface area (Å²) in [5, 5.41) is 21.5. The van der Waals surface area contributed by atoms with Crippen molar-refractivity contribution in [1.82, 2.24) is 0 Å². The molecule has 2 rings (SSSR count). The van der Waals surface area contributed by atoms with E-state index in [0.717, 1.165) is 36.4 Å². The summed E-state index contributed by atoms with van der Waals surface area (Å²) >= 11 is 0. The third-order valence-electron chi connectivity index (χ3n) is 3.41. The minimum atomic E-state index is -4.86. The quantitative estimate of drug-likeness (QED) is 0.198. The van der Waals surface area contributed by atoms with Crippen LogP contribution < -0.4 is 0 Å². The number of nitro benzene ring substituents is 2. The van der Waals surface area contributed by atoms with Gasteiger partial charge in [-0.1, -0.05) is 12.2 Å². The summed E-state index contributed by atoms with van der Waals surface area (Å²) in [6, 6.07) is 5.11. The fourth-order valence-electron chi connectivity index (χ4n) is 2.17. The van der Waals surface area contributed by atoms with E-state index in [1.807, 2.05) is 0 Å². The van der Waals surface area contributed by atoms with Crippen LogP contribution in [0, 0.1) is 20.2 Å². The van der Waals surface area contributed by atoms with Gasteiger partial charge in [0.15, 0.2) is 0 Å². The van der Waals surface area contributed by atoms with Crippen molar-refractivity contribution in [3.05, 3.63) is 67.8 Å². The van der Waals surface area contributed by atoms with E-state index in [0.29, 0.717) is 12.1 Å². The van der Waals surface area contributed by atoms with Crippen molar-refractivity contribution in [1.29, 1.82) is 0 Å². The number of nitrogens with zero attached hydrogens (tertiary/aromatic N) is 2. The molecule has 0 saturated carbocycles. The number of non-ortho nitro benzene ring substituents is 2. The van der Waals surface area contributed by atoms with Crippen LogP contribution >= 0.6 is 0 Å². The summed E-state index contributed by atoms with van der Waals surface area (Å²) in [6.45, 7) is 0. The Kier molecular flexibility index (Phi) is 10.5. The number of rotatable bonds is 6. The first kappa shape index (κ1) is 28.8. The van der Waals surface area contributed by atoms with Gasteiger partial charge in [0.1, 0.15) is 9.79 Å². The third kappa shape index (κ3) is 7.19. The van der Waals surface area contributed by atoms with Crippen molar-refractivity contribution in [2.45, 2.75) is 9.79 Å². The van der Waals surface area contributed by atoms with E-state index in [1.54, 1.807) is 0 Å². The molecular formula is C14H12N2Na2O10S2. The van der Waals surface area contributed by atoms with Crippen LogP contribution in [0.25, 0.3) is 12.2 Å². The summed E-state index contributed by atoms with van der Waals surface area (Å²) in [5.41, 5.74) is -1.68. The zero-order chi connectivity index (χ0) is 21.3. The SMILES string of the molecule is O=[N+]([O-])c1ccc(C=Cc2ccc([N+](=O)[O-])cc2S(=O)(=O)O)c(S(=O)(=O)O)c1.[NaH].[NaH]. The second-order valence-corrected chi connectivity index (χ2v) is 8.02. The van der Waals surface area contributed by atoms with E-state index in [1.165, 1.54) is 0 Å². The van der Waals surface area contributed by atoms with Gasteiger partial charge in [-0.3, -0.25) is 29.3 Å². The topological polar surface area (TPSA) is 195 Å². The molecule has 30 heavy (non-hydrogen) atoms. The van der Waals surface area contributed by atoms with Gasteiger partial charge in [0.05, 0.1) is 9.85 Å². The van der Waals surface area contributed by atoms with Crippen molar-refractivity contribution in [2.75, 3.05) is 0 Å². The van der Waals surface area contributed by atoms with Crippen molar-refractivity contribution in [3.63, 3.8) is 0 Å². The fourth-order valence-corrected chi connectivity index (χ4v) is 3.58. The summed E-state index contributed by atoms with van der Waals surface area (Å²) in [5.74, 6) is 0. The predicted molar refractivity (Wildman–Crippen MR) is 109 cm³/mol. The first-order valence-electron chi connectivity index (χ1n) is 7.00. The monoisotopic (exact) mass is 478 g/mol. The normalized spacial score (nSPS) is 11.4. The minimum absolute atomic E-state index is 0. The van der Waals surface area contributed by atoms with Crippen LogP contribution in [0.15, 0.2) is 46.2 Å². The summed E-state index contributed by atoms with van der Waals surface area (Å²) < 4.78 is 64.4. The molecule has 0 aliphatic heterocycles. The molecule has 0 amide bonds. The fraction of sp³-hybridized carbons (Fsp3) is 0. The van der Waals surface area contributed by atoms with Crippen LogP contribution in [0.4, 0.5) is 11.4 Å². The van der Waals surface area contributed by atoms with Crippen molar-refractivity contribution < 1.29 is 35.8 Å². The molecule has 0 radical (unpaired) electrons. The molecule has 0 saturated heterocycles. The molecule has 2 aromatic rings. The van der Waals surface area contributed by atoms with Crippen molar-refractivity contribution >= 4 is 103 Å². The van der Waals surface area contributed by atoms with Crippen molar-refractivity contribution in [2.24, 2.45) is 0 Å². The zero-order valence-corrected chi connectivity index (χ0v) is 15.1. The van der Waals surface area contributed by atoms with E-state index in [2.05, 4.69) is 0 Å². The molecule has 0 spiro atoms. The second kappa shape index (κ2) is 10.9. The van der Waals surface area contributed by atoms with Gasteiger partial charge < -0.3 is 0 Å². The molecule has 12 nitrogen and oxygen atoms in total. The molecule has 2 N–H and O–H groups in total. The van der Waals surface area contributed by atoms with Gasteiger partial charge in [0.25, 0.3) is 31.6 Å². The second-order valence-electron chi connectivity index (χ2n) is 5.24. The van der Waals surface area contributed by atoms with E-state index in [9.17, 15) is 46.2 Å². The van der Waals surface area contributed by atoms with Crippen LogP contribution in [0.2, 0.25) is 0 Å². The van der Waals surface area contributed by atoms with Gasteiger partial charge in [-0.25, -0.2) is 0 Å². The molecule has 0 atom stereocenters. The molecule has 16 heteroatoms. The van der Waals surface area contributed by atoms with Crippen LogP contribution in [0.1, 0.15) is 11.1 Å².